The van der Waals surface area contributed by atoms with E-state index in [0.29, 0.717) is 17.6 Å². The summed E-state index contributed by atoms with van der Waals surface area (Å²) >= 11 is 0. The van der Waals surface area contributed by atoms with Gasteiger partial charge in [-0.2, -0.15) is 0 Å². The maximum atomic E-state index is 11.8. The monoisotopic (exact) mass is 311 g/mol. The lowest BCUT2D eigenvalue weighted by atomic mass is 9.96. The lowest BCUT2D eigenvalue weighted by Gasteiger charge is -2.25. The first-order chi connectivity index (χ1) is 9.94. The highest BCUT2D eigenvalue weighted by atomic mass is 32.2. The summed E-state index contributed by atoms with van der Waals surface area (Å²) in [7, 11) is -2.05. The van der Waals surface area contributed by atoms with E-state index in [4.69, 9.17) is 5.73 Å². The number of sulfonamides is 1. The van der Waals surface area contributed by atoms with Crippen LogP contribution in [-0.4, -0.2) is 21.5 Å². The van der Waals surface area contributed by atoms with Crippen LogP contribution in [0.1, 0.15) is 39.0 Å². The van der Waals surface area contributed by atoms with Crippen molar-refractivity contribution in [2.24, 2.45) is 5.92 Å². The molecule has 0 bridgehead atoms. The molecule has 1 fully saturated rings. The Morgan fingerprint density at radius 2 is 1.90 bits per heavy atom. The molecule has 2 atom stereocenters. The van der Waals surface area contributed by atoms with Gasteiger partial charge in [-0.1, -0.05) is 26.2 Å². The molecule has 2 rings (SSSR count). The Labute approximate surface area is 127 Å². The maximum Gasteiger partial charge on any atom is 0.240 e. The second-order valence-corrected chi connectivity index (χ2v) is 7.71. The second kappa shape index (κ2) is 6.66. The van der Waals surface area contributed by atoms with Crippen molar-refractivity contribution >= 4 is 21.4 Å². The predicted molar refractivity (Wildman–Crippen MR) is 86.8 cm³/mol. The number of benzene rings is 1. The van der Waals surface area contributed by atoms with Gasteiger partial charge in [0.15, 0.2) is 0 Å². The minimum atomic E-state index is -3.44. The molecule has 0 heterocycles. The van der Waals surface area contributed by atoms with Gasteiger partial charge in [0.05, 0.1) is 16.3 Å². The van der Waals surface area contributed by atoms with Gasteiger partial charge >= 0.3 is 0 Å². The molecule has 1 saturated carbocycles. The summed E-state index contributed by atoms with van der Waals surface area (Å²) in [6, 6.07) is 5.26. The van der Waals surface area contributed by atoms with Gasteiger partial charge in [0, 0.05) is 6.04 Å². The summed E-state index contributed by atoms with van der Waals surface area (Å²) in [6.07, 6.45) is 6.17. The van der Waals surface area contributed by atoms with Crippen LogP contribution < -0.4 is 15.8 Å². The van der Waals surface area contributed by atoms with Gasteiger partial charge in [-0.25, -0.2) is 13.1 Å². The smallest absolute Gasteiger partial charge is 0.240 e. The summed E-state index contributed by atoms with van der Waals surface area (Å²) in [5.74, 6) is 0.604. The van der Waals surface area contributed by atoms with Crippen LogP contribution >= 0.6 is 0 Å². The number of hydrogen-bond acceptors (Lipinski definition) is 4. The third-order valence-corrected chi connectivity index (χ3v) is 5.72. The molecule has 0 radical (unpaired) electrons. The fraction of sp³-hybridized carbons (Fsp3) is 0.600. The molecule has 0 amide bonds. The first kappa shape index (κ1) is 16.1. The van der Waals surface area contributed by atoms with Gasteiger partial charge in [0.25, 0.3) is 0 Å². The average Bonchev–Trinajstić information content (AvgIpc) is 2.66. The Kier molecular flexibility index (Phi) is 5.11. The Hall–Kier alpha value is -1.27. The van der Waals surface area contributed by atoms with Crippen LogP contribution in [0.3, 0.4) is 0 Å². The summed E-state index contributed by atoms with van der Waals surface area (Å²) in [4.78, 5) is 0.196. The third-order valence-electron chi connectivity index (χ3n) is 4.30. The van der Waals surface area contributed by atoms with Gasteiger partial charge in [-0.05, 0) is 44.0 Å². The van der Waals surface area contributed by atoms with E-state index >= 15 is 0 Å². The van der Waals surface area contributed by atoms with E-state index < -0.39 is 10.0 Å². The van der Waals surface area contributed by atoms with Crippen molar-refractivity contribution < 1.29 is 8.42 Å². The normalized spacial score (nSPS) is 23.5. The average molecular weight is 311 g/mol. The molecule has 6 heteroatoms. The number of nitrogens with one attached hydrogen (secondary N) is 2. The molecule has 1 aliphatic carbocycles. The molecule has 1 aromatic carbocycles. The molecule has 118 valence electrons. The molecule has 0 spiro atoms. The molecule has 1 aromatic rings. The number of rotatable bonds is 4. The first-order valence-electron chi connectivity index (χ1n) is 7.53. The lowest BCUT2D eigenvalue weighted by molar-refractivity contribution is 0.457. The molecule has 5 nitrogen and oxygen atoms in total. The zero-order valence-corrected chi connectivity index (χ0v) is 13.5. The first-order valence-corrected chi connectivity index (χ1v) is 9.02. The van der Waals surface area contributed by atoms with Gasteiger partial charge in [-0.3, -0.25) is 0 Å². The standard InChI is InChI=1S/C15H25N3O2S/c1-11-6-4-3-5-7-14(11)18-15-9-8-12(10-13(15)16)21(19,20)17-2/h8-11,14,17-18H,3-7,16H2,1-2H3. The highest BCUT2D eigenvalue weighted by Crippen LogP contribution is 2.29. The van der Waals surface area contributed by atoms with Gasteiger partial charge in [0.1, 0.15) is 0 Å². The van der Waals surface area contributed by atoms with E-state index in [1.807, 2.05) is 0 Å². The van der Waals surface area contributed by atoms with Crippen LogP contribution in [0, 0.1) is 5.92 Å². The van der Waals surface area contributed by atoms with Crippen LogP contribution in [0.25, 0.3) is 0 Å². The number of nitrogen functional groups attached to an aromatic ring is 1. The topological polar surface area (TPSA) is 84.2 Å². The van der Waals surface area contributed by atoms with E-state index in [2.05, 4.69) is 17.0 Å². The van der Waals surface area contributed by atoms with Crippen LogP contribution in [0.15, 0.2) is 23.1 Å². The molecule has 0 aliphatic heterocycles. The molecule has 1 aliphatic rings. The fourth-order valence-electron chi connectivity index (χ4n) is 2.86. The van der Waals surface area contributed by atoms with Crippen LogP contribution in [0.5, 0.6) is 0 Å². The zero-order valence-electron chi connectivity index (χ0n) is 12.7. The zero-order chi connectivity index (χ0) is 15.5. The molecule has 4 N–H and O–H groups in total. The predicted octanol–water partition coefficient (Wildman–Crippen LogP) is 2.56. The molecular weight excluding hydrogens is 286 g/mol. The van der Waals surface area contributed by atoms with Crippen molar-refractivity contribution in [2.75, 3.05) is 18.1 Å². The SMILES string of the molecule is CNS(=O)(=O)c1ccc(NC2CCCCCC2C)c(N)c1. The van der Waals surface area contributed by atoms with E-state index in [9.17, 15) is 8.42 Å². The van der Waals surface area contributed by atoms with Crippen molar-refractivity contribution in [1.82, 2.24) is 4.72 Å². The number of hydrogen-bond donors (Lipinski definition) is 3. The van der Waals surface area contributed by atoms with Crippen molar-refractivity contribution in [3.05, 3.63) is 18.2 Å². The maximum absolute atomic E-state index is 11.8. The van der Waals surface area contributed by atoms with Gasteiger partial charge in [-0.15, -0.1) is 0 Å². The Balaban J connectivity index is 2.17. The third kappa shape index (κ3) is 3.89. The number of anilines is 2. The van der Waals surface area contributed by atoms with E-state index in [1.165, 1.54) is 38.8 Å². The largest absolute Gasteiger partial charge is 0.397 e. The van der Waals surface area contributed by atoms with E-state index in [0.717, 1.165) is 12.1 Å². The van der Waals surface area contributed by atoms with E-state index in [-0.39, 0.29) is 4.90 Å². The summed E-state index contributed by atoms with van der Waals surface area (Å²) < 4.78 is 25.8. The highest BCUT2D eigenvalue weighted by Gasteiger charge is 2.21. The second-order valence-electron chi connectivity index (χ2n) is 5.82. The molecular formula is C15H25N3O2S. The van der Waals surface area contributed by atoms with Crippen LogP contribution in [-0.2, 0) is 10.0 Å². The summed E-state index contributed by atoms with van der Waals surface area (Å²) in [6.45, 7) is 2.26. The van der Waals surface area contributed by atoms with Crippen LogP contribution in [0.4, 0.5) is 11.4 Å². The lowest BCUT2D eigenvalue weighted by Crippen LogP contribution is -2.26. The Bertz CT molecular complexity index is 587. The van der Waals surface area contributed by atoms with Crippen molar-refractivity contribution in [2.45, 2.75) is 50.0 Å². The van der Waals surface area contributed by atoms with E-state index in [1.54, 1.807) is 12.1 Å². The van der Waals surface area contributed by atoms with Crippen molar-refractivity contribution in [1.29, 1.82) is 0 Å². The molecule has 21 heavy (non-hydrogen) atoms. The summed E-state index contributed by atoms with van der Waals surface area (Å²) in [5.41, 5.74) is 7.32. The van der Waals surface area contributed by atoms with Crippen LogP contribution in [0.2, 0.25) is 0 Å². The minimum absolute atomic E-state index is 0.196. The molecule has 0 saturated heterocycles. The van der Waals surface area contributed by atoms with Crippen molar-refractivity contribution in [3.63, 3.8) is 0 Å². The Morgan fingerprint density at radius 1 is 1.19 bits per heavy atom. The molecule has 2 unspecified atom stereocenters. The Morgan fingerprint density at radius 3 is 2.57 bits per heavy atom. The van der Waals surface area contributed by atoms with Crippen molar-refractivity contribution in [3.8, 4) is 0 Å². The minimum Gasteiger partial charge on any atom is -0.397 e. The van der Waals surface area contributed by atoms with Gasteiger partial charge in [0.2, 0.25) is 10.0 Å². The highest BCUT2D eigenvalue weighted by molar-refractivity contribution is 7.89. The fourth-order valence-corrected chi connectivity index (χ4v) is 3.63. The van der Waals surface area contributed by atoms with Gasteiger partial charge < -0.3 is 11.1 Å². The molecule has 0 aromatic heterocycles. The quantitative estimate of drug-likeness (QED) is 0.589. The number of nitrogens with two attached hydrogens (primary N) is 1. The summed E-state index contributed by atoms with van der Waals surface area (Å²) in [5, 5.41) is 3.50.